The fraction of sp³-hybridized carbons (Fsp3) is 0.273. The van der Waals surface area contributed by atoms with Crippen LogP contribution in [0, 0.1) is 13.8 Å². The standard InChI is InChI=1S/C22H23Cl2N3O/c1-15-19(14-26(3)22(28)12-17-8-4-6-10-20(17)23)16(2)27(25-15)13-18-9-5-7-11-21(18)24/h4-11H,12-14H2,1-3H3. The third-order valence-corrected chi connectivity index (χ3v) is 5.67. The van der Waals surface area contributed by atoms with Gasteiger partial charge in [-0.2, -0.15) is 5.10 Å². The highest BCUT2D eigenvalue weighted by Gasteiger charge is 2.18. The molecule has 3 rings (SSSR count). The van der Waals surface area contributed by atoms with Gasteiger partial charge < -0.3 is 4.90 Å². The van der Waals surface area contributed by atoms with Crippen molar-refractivity contribution >= 4 is 29.1 Å². The van der Waals surface area contributed by atoms with E-state index < -0.39 is 0 Å². The van der Waals surface area contributed by atoms with E-state index in [-0.39, 0.29) is 12.3 Å². The maximum absolute atomic E-state index is 12.7. The van der Waals surface area contributed by atoms with E-state index in [1.807, 2.05) is 68.0 Å². The lowest BCUT2D eigenvalue weighted by Gasteiger charge is -2.18. The molecule has 0 saturated heterocycles. The molecule has 6 heteroatoms. The van der Waals surface area contributed by atoms with Crippen LogP contribution in [-0.2, 0) is 24.3 Å². The van der Waals surface area contributed by atoms with Crippen molar-refractivity contribution in [1.82, 2.24) is 14.7 Å². The molecule has 1 heterocycles. The Bertz CT molecular complexity index is 997. The van der Waals surface area contributed by atoms with E-state index in [0.717, 1.165) is 33.1 Å². The summed E-state index contributed by atoms with van der Waals surface area (Å²) in [5, 5.41) is 6.00. The van der Waals surface area contributed by atoms with Crippen LogP contribution in [0.5, 0.6) is 0 Å². The molecule has 1 amide bonds. The second-order valence-corrected chi connectivity index (χ2v) is 7.73. The van der Waals surface area contributed by atoms with Gasteiger partial charge in [-0.15, -0.1) is 0 Å². The molecule has 0 aliphatic rings. The van der Waals surface area contributed by atoms with Gasteiger partial charge in [0.2, 0.25) is 5.91 Å². The maximum Gasteiger partial charge on any atom is 0.227 e. The summed E-state index contributed by atoms with van der Waals surface area (Å²) < 4.78 is 1.94. The second kappa shape index (κ2) is 8.80. The minimum Gasteiger partial charge on any atom is -0.341 e. The predicted molar refractivity (Wildman–Crippen MR) is 114 cm³/mol. The number of carbonyl (C=O) groups excluding carboxylic acids is 1. The highest BCUT2D eigenvalue weighted by molar-refractivity contribution is 6.31. The molecule has 4 nitrogen and oxygen atoms in total. The van der Waals surface area contributed by atoms with E-state index in [2.05, 4.69) is 5.10 Å². The van der Waals surface area contributed by atoms with Crippen LogP contribution in [0.25, 0.3) is 0 Å². The Morgan fingerprint density at radius 3 is 2.18 bits per heavy atom. The van der Waals surface area contributed by atoms with Gasteiger partial charge in [-0.25, -0.2) is 0 Å². The largest absolute Gasteiger partial charge is 0.341 e. The van der Waals surface area contributed by atoms with Crippen LogP contribution in [0.3, 0.4) is 0 Å². The van der Waals surface area contributed by atoms with E-state index in [9.17, 15) is 4.79 Å². The minimum absolute atomic E-state index is 0.0192. The van der Waals surface area contributed by atoms with Crippen LogP contribution in [-0.4, -0.2) is 27.6 Å². The Hall–Kier alpha value is -2.30. The normalized spacial score (nSPS) is 10.9. The summed E-state index contributed by atoms with van der Waals surface area (Å²) in [4.78, 5) is 14.4. The Balaban J connectivity index is 1.73. The van der Waals surface area contributed by atoms with Crippen LogP contribution >= 0.6 is 23.2 Å². The number of carbonyl (C=O) groups is 1. The summed E-state index contributed by atoms with van der Waals surface area (Å²) in [5.74, 6) is 0.0192. The lowest BCUT2D eigenvalue weighted by molar-refractivity contribution is -0.129. The quantitative estimate of drug-likeness (QED) is 0.564. The zero-order chi connectivity index (χ0) is 20.3. The fourth-order valence-electron chi connectivity index (χ4n) is 3.17. The molecule has 3 aromatic rings. The van der Waals surface area contributed by atoms with Crippen molar-refractivity contribution in [3.05, 3.63) is 86.7 Å². The van der Waals surface area contributed by atoms with Crippen molar-refractivity contribution in [3.8, 4) is 0 Å². The van der Waals surface area contributed by atoms with Gasteiger partial charge in [0.25, 0.3) is 0 Å². The van der Waals surface area contributed by atoms with Crippen LogP contribution in [0.2, 0.25) is 10.0 Å². The van der Waals surface area contributed by atoms with Crippen molar-refractivity contribution < 1.29 is 4.79 Å². The minimum atomic E-state index is 0.0192. The number of rotatable bonds is 6. The summed E-state index contributed by atoms with van der Waals surface area (Å²) in [6, 6.07) is 15.2. The highest BCUT2D eigenvalue weighted by atomic mass is 35.5. The molecule has 28 heavy (non-hydrogen) atoms. The van der Waals surface area contributed by atoms with Crippen LogP contribution < -0.4 is 0 Å². The molecular formula is C22H23Cl2N3O. The van der Waals surface area contributed by atoms with Crippen LogP contribution in [0.15, 0.2) is 48.5 Å². The molecule has 0 aliphatic carbocycles. The van der Waals surface area contributed by atoms with E-state index in [0.29, 0.717) is 18.1 Å². The predicted octanol–water partition coefficient (Wildman–Crippen LogP) is 5.06. The average Bonchev–Trinajstić information content (AvgIpc) is 2.92. The van der Waals surface area contributed by atoms with Gasteiger partial charge in [-0.1, -0.05) is 59.6 Å². The van der Waals surface area contributed by atoms with Gasteiger partial charge in [-0.05, 0) is 37.1 Å². The molecule has 0 radical (unpaired) electrons. The molecule has 0 unspecified atom stereocenters. The molecule has 0 atom stereocenters. The summed E-state index contributed by atoms with van der Waals surface area (Å²) >= 11 is 12.5. The van der Waals surface area contributed by atoms with Crippen molar-refractivity contribution in [2.24, 2.45) is 0 Å². The molecule has 2 aromatic carbocycles. The third-order valence-electron chi connectivity index (χ3n) is 4.93. The van der Waals surface area contributed by atoms with E-state index >= 15 is 0 Å². The van der Waals surface area contributed by atoms with Gasteiger partial charge in [0.05, 0.1) is 18.7 Å². The van der Waals surface area contributed by atoms with Gasteiger partial charge >= 0.3 is 0 Å². The van der Waals surface area contributed by atoms with E-state index in [1.165, 1.54) is 0 Å². The smallest absolute Gasteiger partial charge is 0.227 e. The fourth-order valence-corrected chi connectivity index (χ4v) is 3.57. The molecule has 146 valence electrons. The van der Waals surface area contributed by atoms with Crippen molar-refractivity contribution in [1.29, 1.82) is 0 Å². The second-order valence-electron chi connectivity index (χ2n) is 6.92. The zero-order valence-electron chi connectivity index (χ0n) is 16.2. The summed E-state index contributed by atoms with van der Waals surface area (Å²) in [5.41, 5.74) is 4.87. The molecule has 0 bridgehead atoms. The number of benzene rings is 2. The number of aryl methyl sites for hydroxylation is 1. The number of halogens is 2. The number of nitrogens with zero attached hydrogens (tertiary/aromatic N) is 3. The summed E-state index contributed by atoms with van der Waals surface area (Å²) in [7, 11) is 1.81. The molecule has 0 fully saturated rings. The molecular weight excluding hydrogens is 393 g/mol. The topological polar surface area (TPSA) is 38.1 Å². The third kappa shape index (κ3) is 4.57. The first-order valence-corrected chi connectivity index (χ1v) is 9.86. The average molecular weight is 416 g/mol. The lowest BCUT2D eigenvalue weighted by atomic mass is 10.1. The molecule has 0 N–H and O–H groups in total. The molecule has 0 saturated carbocycles. The van der Waals surface area contributed by atoms with Gasteiger partial charge in [0.15, 0.2) is 0 Å². The van der Waals surface area contributed by atoms with E-state index in [1.54, 1.807) is 11.0 Å². The van der Waals surface area contributed by atoms with Crippen molar-refractivity contribution in [2.45, 2.75) is 33.4 Å². The summed E-state index contributed by atoms with van der Waals surface area (Å²) in [6.07, 6.45) is 0.280. The first-order valence-electron chi connectivity index (χ1n) is 9.10. The Kier molecular flexibility index (Phi) is 6.42. The summed E-state index contributed by atoms with van der Waals surface area (Å²) in [6.45, 7) is 5.10. The first-order chi connectivity index (χ1) is 13.4. The number of hydrogen-bond acceptors (Lipinski definition) is 2. The SMILES string of the molecule is Cc1nn(Cc2ccccc2Cl)c(C)c1CN(C)C(=O)Cc1ccccc1Cl. The number of aromatic nitrogens is 2. The van der Waals surface area contributed by atoms with Gasteiger partial charge in [-0.3, -0.25) is 9.48 Å². The zero-order valence-corrected chi connectivity index (χ0v) is 17.8. The van der Waals surface area contributed by atoms with Gasteiger partial charge in [0, 0.05) is 34.9 Å². The molecule has 0 aliphatic heterocycles. The number of likely N-dealkylation sites (N-methyl/N-ethyl adjacent to an activating group) is 1. The number of amides is 1. The number of hydrogen-bond donors (Lipinski definition) is 0. The van der Waals surface area contributed by atoms with Gasteiger partial charge in [0.1, 0.15) is 0 Å². The molecule has 1 aromatic heterocycles. The van der Waals surface area contributed by atoms with Crippen molar-refractivity contribution in [2.75, 3.05) is 7.05 Å². The lowest BCUT2D eigenvalue weighted by Crippen LogP contribution is -2.28. The maximum atomic E-state index is 12.7. The van der Waals surface area contributed by atoms with E-state index in [4.69, 9.17) is 23.2 Å². The first kappa shape index (κ1) is 20.4. The van der Waals surface area contributed by atoms with Crippen molar-refractivity contribution in [3.63, 3.8) is 0 Å². The van der Waals surface area contributed by atoms with Crippen LogP contribution in [0.4, 0.5) is 0 Å². The monoisotopic (exact) mass is 415 g/mol. The Morgan fingerprint density at radius 1 is 1.00 bits per heavy atom. The Morgan fingerprint density at radius 2 is 1.57 bits per heavy atom. The Labute approximate surface area is 175 Å². The van der Waals surface area contributed by atoms with Crippen LogP contribution in [0.1, 0.15) is 28.1 Å². The highest BCUT2D eigenvalue weighted by Crippen LogP contribution is 2.21. The molecule has 0 spiro atoms.